The quantitative estimate of drug-likeness (QED) is 0.868. The first kappa shape index (κ1) is 13.9. The van der Waals surface area contributed by atoms with Gasteiger partial charge in [0.15, 0.2) is 0 Å². The molecule has 0 fully saturated rings. The van der Waals surface area contributed by atoms with Crippen LogP contribution in [0.15, 0.2) is 42.5 Å². The molecule has 1 atom stereocenters. The van der Waals surface area contributed by atoms with E-state index in [-0.39, 0.29) is 11.9 Å². The Morgan fingerprint density at radius 1 is 1.20 bits per heavy atom. The van der Waals surface area contributed by atoms with Gasteiger partial charge in [-0.25, -0.2) is 4.39 Å². The van der Waals surface area contributed by atoms with Gasteiger partial charge in [-0.1, -0.05) is 24.3 Å². The van der Waals surface area contributed by atoms with Crippen molar-refractivity contribution in [3.05, 3.63) is 59.4 Å². The number of para-hydroxylation sites is 1. The molecule has 0 bridgehead atoms. The number of anilines is 2. The lowest BCUT2D eigenvalue weighted by Crippen LogP contribution is -2.23. The molecule has 4 heteroatoms. The summed E-state index contributed by atoms with van der Waals surface area (Å²) in [5.74, 6) is -0.248. The molecule has 0 saturated carbocycles. The molecule has 0 aliphatic rings. The van der Waals surface area contributed by atoms with Crippen LogP contribution in [0.25, 0.3) is 0 Å². The van der Waals surface area contributed by atoms with E-state index in [9.17, 15) is 4.39 Å². The second-order valence-corrected chi connectivity index (χ2v) is 4.66. The van der Waals surface area contributed by atoms with Crippen LogP contribution in [0.5, 0.6) is 0 Å². The van der Waals surface area contributed by atoms with Crippen molar-refractivity contribution < 1.29 is 4.39 Å². The zero-order valence-electron chi connectivity index (χ0n) is 11.5. The number of benzene rings is 2. The molecule has 1 unspecified atom stereocenters. The molecule has 2 aromatic carbocycles. The van der Waals surface area contributed by atoms with Crippen molar-refractivity contribution in [1.29, 1.82) is 5.26 Å². The predicted octanol–water partition coefficient (Wildman–Crippen LogP) is 3.48. The fourth-order valence-electron chi connectivity index (χ4n) is 2.19. The SMILES string of the molecule is CC(c1ccccc1F)N(C)c1cccc(C#N)c1N. The average molecular weight is 269 g/mol. The topological polar surface area (TPSA) is 53.0 Å². The van der Waals surface area contributed by atoms with Gasteiger partial charge in [-0.3, -0.25) is 0 Å². The first-order valence-corrected chi connectivity index (χ1v) is 6.32. The minimum atomic E-state index is -0.248. The molecule has 102 valence electrons. The molecular weight excluding hydrogens is 253 g/mol. The minimum absolute atomic E-state index is 0.188. The van der Waals surface area contributed by atoms with Crippen molar-refractivity contribution in [3.63, 3.8) is 0 Å². The number of nitrogens with zero attached hydrogens (tertiary/aromatic N) is 2. The number of rotatable bonds is 3. The monoisotopic (exact) mass is 269 g/mol. The molecule has 0 heterocycles. The largest absolute Gasteiger partial charge is 0.396 e. The molecule has 2 rings (SSSR count). The number of hydrogen-bond acceptors (Lipinski definition) is 3. The number of halogens is 1. The summed E-state index contributed by atoms with van der Waals surface area (Å²) >= 11 is 0. The van der Waals surface area contributed by atoms with Gasteiger partial charge in [0.25, 0.3) is 0 Å². The predicted molar refractivity (Wildman–Crippen MR) is 78.8 cm³/mol. The van der Waals surface area contributed by atoms with Gasteiger partial charge in [-0.2, -0.15) is 5.26 Å². The Bertz CT molecular complexity index is 661. The Morgan fingerprint density at radius 3 is 2.55 bits per heavy atom. The first-order valence-electron chi connectivity index (χ1n) is 6.32. The third kappa shape index (κ3) is 2.43. The van der Waals surface area contributed by atoms with Crippen molar-refractivity contribution in [2.45, 2.75) is 13.0 Å². The number of nitrogen functional groups attached to an aromatic ring is 1. The molecule has 0 aromatic heterocycles. The zero-order valence-corrected chi connectivity index (χ0v) is 11.5. The highest BCUT2D eigenvalue weighted by Crippen LogP contribution is 2.32. The number of nitriles is 1. The highest BCUT2D eigenvalue weighted by molar-refractivity contribution is 5.74. The zero-order chi connectivity index (χ0) is 14.7. The summed E-state index contributed by atoms with van der Waals surface area (Å²) in [5, 5.41) is 9.02. The van der Waals surface area contributed by atoms with Crippen LogP contribution in [0.4, 0.5) is 15.8 Å². The summed E-state index contributed by atoms with van der Waals surface area (Å²) in [5.41, 5.74) is 8.15. The summed E-state index contributed by atoms with van der Waals surface area (Å²) in [7, 11) is 1.84. The van der Waals surface area contributed by atoms with Crippen LogP contribution >= 0.6 is 0 Å². The normalized spacial score (nSPS) is 11.7. The second kappa shape index (κ2) is 5.62. The summed E-state index contributed by atoms with van der Waals surface area (Å²) in [6, 6.07) is 13.8. The van der Waals surface area contributed by atoms with E-state index in [1.165, 1.54) is 6.07 Å². The van der Waals surface area contributed by atoms with E-state index in [0.29, 0.717) is 16.8 Å². The third-order valence-corrected chi connectivity index (χ3v) is 3.52. The molecule has 0 spiro atoms. The van der Waals surface area contributed by atoms with Gasteiger partial charge >= 0.3 is 0 Å². The van der Waals surface area contributed by atoms with E-state index in [2.05, 4.69) is 6.07 Å². The van der Waals surface area contributed by atoms with Crippen LogP contribution < -0.4 is 10.6 Å². The van der Waals surface area contributed by atoms with Crippen LogP contribution in [-0.4, -0.2) is 7.05 Å². The molecule has 20 heavy (non-hydrogen) atoms. The molecule has 0 amide bonds. The van der Waals surface area contributed by atoms with Gasteiger partial charge < -0.3 is 10.6 Å². The van der Waals surface area contributed by atoms with Crippen molar-refractivity contribution in [2.75, 3.05) is 17.7 Å². The smallest absolute Gasteiger partial charge is 0.128 e. The Labute approximate surface area is 118 Å². The van der Waals surface area contributed by atoms with E-state index >= 15 is 0 Å². The fraction of sp³-hybridized carbons (Fsp3) is 0.188. The van der Waals surface area contributed by atoms with Gasteiger partial charge in [0.05, 0.1) is 23.0 Å². The van der Waals surface area contributed by atoms with Crippen LogP contribution in [0.2, 0.25) is 0 Å². The molecule has 0 saturated heterocycles. The lowest BCUT2D eigenvalue weighted by Gasteiger charge is -2.29. The Morgan fingerprint density at radius 2 is 1.90 bits per heavy atom. The van der Waals surface area contributed by atoms with Gasteiger partial charge in [0, 0.05) is 12.6 Å². The summed E-state index contributed by atoms with van der Waals surface area (Å²) < 4.78 is 13.9. The maximum Gasteiger partial charge on any atom is 0.128 e. The molecule has 0 aliphatic heterocycles. The molecule has 2 aromatic rings. The van der Waals surface area contributed by atoms with Crippen LogP contribution in [-0.2, 0) is 0 Å². The van der Waals surface area contributed by atoms with Crippen molar-refractivity contribution in [1.82, 2.24) is 0 Å². The standard InChI is InChI=1S/C16H16FN3/c1-11(13-7-3-4-8-14(13)17)20(2)15-9-5-6-12(10-18)16(15)19/h3-9,11H,19H2,1-2H3. The molecule has 3 nitrogen and oxygen atoms in total. The van der Waals surface area contributed by atoms with E-state index in [1.807, 2.05) is 24.9 Å². The Hall–Kier alpha value is -2.54. The average Bonchev–Trinajstić information content (AvgIpc) is 2.46. The van der Waals surface area contributed by atoms with Gasteiger partial charge in [-0.05, 0) is 25.1 Å². The van der Waals surface area contributed by atoms with E-state index in [0.717, 1.165) is 5.69 Å². The fourth-order valence-corrected chi connectivity index (χ4v) is 2.19. The lowest BCUT2D eigenvalue weighted by molar-refractivity contribution is 0.585. The maximum absolute atomic E-state index is 13.9. The highest BCUT2D eigenvalue weighted by Gasteiger charge is 2.18. The molecule has 0 radical (unpaired) electrons. The highest BCUT2D eigenvalue weighted by atomic mass is 19.1. The van der Waals surface area contributed by atoms with E-state index in [1.54, 1.807) is 30.3 Å². The van der Waals surface area contributed by atoms with E-state index < -0.39 is 0 Å². The first-order chi connectivity index (χ1) is 9.56. The van der Waals surface area contributed by atoms with Crippen LogP contribution in [0.3, 0.4) is 0 Å². The Kier molecular flexibility index (Phi) is 3.90. The lowest BCUT2D eigenvalue weighted by atomic mass is 10.0. The second-order valence-electron chi connectivity index (χ2n) is 4.66. The van der Waals surface area contributed by atoms with Crippen molar-refractivity contribution in [2.24, 2.45) is 0 Å². The molecular formula is C16H16FN3. The summed E-state index contributed by atoms with van der Waals surface area (Å²) in [6.45, 7) is 1.90. The number of nitrogens with two attached hydrogens (primary N) is 1. The van der Waals surface area contributed by atoms with E-state index in [4.69, 9.17) is 11.0 Å². The third-order valence-electron chi connectivity index (χ3n) is 3.52. The van der Waals surface area contributed by atoms with Crippen molar-refractivity contribution in [3.8, 4) is 6.07 Å². The van der Waals surface area contributed by atoms with Gasteiger partial charge in [-0.15, -0.1) is 0 Å². The maximum atomic E-state index is 13.9. The van der Waals surface area contributed by atoms with Crippen LogP contribution in [0, 0.1) is 17.1 Å². The number of hydrogen-bond donors (Lipinski definition) is 1. The van der Waals surface area contributed by atoms with Crippen molar-refractivity contribution >= 4 is 11.4 Å². The van der Waals surface area contributed by atoms with Gasteiger partial charge in [0.1, 0.15) is 11.9 Å². The Balaban J connectivity index is 2.40. The summed E-state index contributed by atoms with van der Waals surface area (Å²) in [4.78, 5) is 1.87. The summed E-state index contributed by atoms with van der Waals surface area (Å²) in [6.07, 6.45) is 0. The molecule has 0 aliphatic carbocycles. The molecule has 2 N–H and O–H groups in total. The minimum Gasteiger partial charge on any atom is -0.396 e. The van der Waals surface area contributed by atoms with Gasteiger partial charge in [0.2, 0.25) is 0 Å². The van der Waals surface area contributed by atoms with Crippen LogP contribution in [0.1, 0.15) is 24.1 Å².